The molecule has 0 aromatic heterocycles. The van der Waals surface area contributed by atoms with Gasteiger partial charge in [-0.25, -0.2) is 13.1 Å². The highest BCUT2D eigenvalue weighted by molar-refractivity contribution is 7.89. The molecule has 1 saturated heterocycles. The lowest BCUT2D eigenvalue weighted by Gasteiger charge is -2.23. The van der Waals surface area contributed by atoms with Gasteiger partial charge in [0.2, 0.25) is 15.9 Å². The summed E-state index contributed by atoms with van der Waals surface area (Å²) in [6.45, 7) is 5.91. The third-order valence-electron chi connectivity index (χ3n) is 4.29. The predicted molar refractivity (Wildman–Crippen MR) is 100 cm³/mol. The van der Waals surface area contributed by atoms with E-state index in [1.165, 1.54) is 38.2 Å². The Morgan fingerprint density at radius 3 is 2.44 bits per heavy atom. The molecule has 0 saturated carbocycles. The average Bonchev–Trinajstić information content (AvgIpc) is 2.65. The Hall–Kier alpha value is -1.88. The first-order valence-corrected chi connectivity index (χ1v) is 10.3. The number of anilines is 1. The molecule has 0 unspecified atom stereocenters. The molecule has 1 heterocycles. The zero-order chi connectivity index (χ0) is 19.9. The number of hydrogen-bond donors (Lipinski definition) is 3. The Labute approximate surface area is 160 Å². The van der Waals surface area contributed by atoms with Gasteiger partial charge in [0.1, 0.15) is 29.5 Å². The number of ether oxygens (including phenoxy) is 3. The topological polar surface area (TPSA) is 107 Å². The van der Waals surface area contributed by atoms with Gasteiger partial charge in [0.15, 0.2) is 0 Å². The van der Waals surface area contributed by atoms with Crippen LogP contribution < -0.4 is 24.4 Å². The smallest absolute Gasteiger partial charge is 0.244 e. The summed E-state index contributed by atoms with van der Waals surface area (Å²) >= 11 is 0. The summed E-state index contributed by atoms with van der Waals surface area (Å²) in [5.41, 5.74) is 0.268. The van der Waals surface area contributed by atoms with Crippen LogP contribution in [0.25, 0.3) is 0 Å². The molecule has 1 fully saturated rings. The van der Waals surface area contributed by atoms with E-state index in [9.17, 15) is 13.2 Å². The third kappa shape index (κ3) is 6.06. The minimum Gasteiger partial charge on any atom is -0.495 e. The molecule has 9 nitrogen and oxygen atoms in total. The van der Waals surface area contributed by atoms with Crippen molar-refractivity contribution in [2.75, 3.05) is 58.9 Å². The molecule has 1 aliphatic heterocycles. The number of amides is 1. The van der Waals surface area contributed by atoms with Crippen molar-refractivity contribution in [2.24, 2.45) is 0 Å². The zero-order valence-corrected chi connectivity index (χ0v) is 16.8. The minimum atomic E-state index is -3.81. The lowest BCUT2D eigenvalue weighted by molar-refractivity contribution is -0.908. The van der Waals surface area contributed by atoms with Crippen molar-refractivity contribution in [1.29, 1.82) is 0 Å². The number of rotatable bonds is 9. The Bertz CT molecular complexity index is 747. The van der Waals surface area contributed by atoms with Crippen molar-refractivity contribution in [3.05, 3.63) is 12.1 Å². The van der Waals surface area contributed by atoms with Crippen molar-refractivity contribution in [3.63, 3.8) is 0 Å². The van der Waals surface area contributed by atoms with Crippen molar-refractivity contribution >= 4 is 21.6 Å². The Morgan fingerprint density at radius 2 is 1.85 bits per heavy atom. The number of quaternary nitrogens is 1. The molecule has 0 atom stereocenters. The van der Waals surface area contributed by atoms with Gasteiger partial charge in [0.25, 0.3) is 0 Å². The zero-order valence-electron chi connectivity index (χ0n) is 16.0. The fraction of sp³-hybridized carbons (Fsp3) is 0.588. The lowest BCUT2D eigenvalue weighted by atomic mass is 10.2. The van der Waals surface area contributed by atoms with E-state index in [2.05, 4.69) is 10.0 Å². The summed E-state index contributed by atoms with van der Waals surface area (Å²) in [5, 5.41) is 2.57. The highest BCUT2D eigenvalue weighted by atomic mass is 32.2. The molecule has 152 valence electrons. The van der Waals surface area contributed by atoms with Crippen LogP contribution in [-0.2, 0) is 19.6 Å². The van der Waals surface area contributed by atoms with E-state index < -0.39 is 10.0 Å². The Kier molecular flexibility index (Phi) is 7.84. The Balaban J connectivity index is 2.09. The molecule has 1 aromatic rings. The first-order valence-electron chi connectivity index (χ1n) is 8.82. The third-order valence-corrected chi connectivity index (χ3v) is 5.77. The molecule has 3 N–H and O–H groups in total. The first-order chi connectivity index (χ1) is 12.9. The molecule has 0 bridgehead atoms. The fourth-order valence-corrected chi connectivity index (χ4v) is 4.15. The van der Waals surface area contributed by atoms with Crippen molar-refractivity contribution in [2.45, 2.75) is 18.2 Å². The van der Waals surface area contributed by atoms with Gasteiger partial charge >= 0.3 is 0 Å². The number of nitrogens with one attached hydrogen (secondary N) is 3. The minimum absolute atomic E-state index is 0.0479. The molecule has 1 amide bonds. The molecule has 1 aliphatic rings. The summed E-state index contributed by atoms with van der Waals surface area (Å²) in [7, 11) is -0.991. The molecule has 2 rings (SSSR count). The van der Waals surface area contributed by atoms with Gasteiger partial charge in [0.05, 0.1) is 39.7 Å². The van der Waals surface area contributed by atoms with E-state index in [1.54, 1.807) is 0 Å². The summed E-state index contributed by atoms with van der Waals surface area (Å²) in [4.78, 5) is 12.7. The van der Waals surface area contributed by atoms with Crippen LogP contribution in [-0.4, -0.2) is 67.9 Å². The maximum absolute atomic E-state index is 12.7. The van der Waals surface area contributed by atoms with Crippen LogP contribution in [0.3, 0.4) is 0 Å². The van der Waals surface area contributed by atoms with Gasteiger partial charge in [-0.2, -0.15) is 0 Å². The molecular formula is C17H28N3O6S+. The van der Waals surface area contributed by atoms with Gasteiger partial charge in [-0.1, -0.05) is 0 Å². The van der Waals surface area contributed by atoms with E-state index in [4.69, 9.17) is 14.2 Å². The largest absolute Gasteiger partial charge is 0.495 e. The maximum Gasteiger partial charge on any atom is 0.244 e. The van der Waals surface area contributed by atoms with Crippen LogP contribution in [0.2, 0.25) is 0 Å². The summed E-state index contributed by atoms with van der Waals surface area (Å²) in [5.74, 6) is 0.132. The average molecular weight is 402 g/mol. The van der Waals surface area contributed by atoms with E-state index in [1.807, 2.05) is 0 Å². The maximum atomic E-state index is 12.7. The van der Waals surface area contributed by atoms with Crippen molar-refractivity contribution in [1.82, 2.24) is 4.72 Å². The normalized spacial score (nSPS) is 15.4. The quantitative estimate of drug-likeness (QED) is 0.469. The van der Waals surface area contributed by atoms with E-state index in [0.29, 0.717) is 18.7 Å². The number of benzene rings is 1. The van der Waals surface area contributed by atoms with E-state index >= 15 is 0 Å². The standard InChI is InChI=1S/C17H27N3O6S/c1-13(21)19-14-11-17(16(25-3)12-15(14)24-2)27(22,23)18-5-4-6-20-7-9-26-10-8-20/h11-12,18H,4-10H2,1-3H3,(H,19,21)/p+1. The molecule has 27 heavy (non-hydrogen) atoms. The van der Waals surface area contributed by atoms with Crippen LogP contribution in [0, 0.1) is 0 Å². The second-order valence-corrected chi connectivity index (χ2v) is 7.98. The van der Waals surface area contributed by atoms with Gasteiger partial charge in [-0.15, -0.1) is 0 Å². The predicted octanol–water partition coefficient (Wildman–Crippen LogP) is -0.754. The number of carbonyl (C=O) groups excluding carboxylic acids is 1. The number of methoxy groups -OCH3 is 2. The second kappa shape index (κ2) is 9.88. The second-order valence-electron chi connectivity index (χ2n) is 6.25. The number of morpholine rings is 1. The summed E-state index contributed by atoms with van der Waals surface area (Å²) in [6, 6.07) is 2.78. The summed E-state index contributed by atoms with van der Waals surface area (Å²) in [6.07, 6.45) is 0.714. The monoisotopic (exact) mass is 402 g/mol. The SMILES string of the molecule is COc1cc(OC)c(S(=O)(=O)NCCC[NH+]2CCOCC2)cc1NC(C)=O. The van der Waals surface area contributed by atoms with Gasteiger partial charge in [-0.3, -0.25) is 4.79 Å². The van der Waals surface area contributed by atoms with Gasteiger partial charge < -0.3 is 24.4 Å². The van der Waals surface area contributed by atoms with Crippen LogP contribution in [0.15, 0.2) is 17.0 Å². The van der Waals surface area contributed by atoms with Crippen LogP contribution in [0.4, 0.5) is 5.69 Å². The molecule has 10 heteroatoms. The molecule has 1 aromatic carbocycles. The van der Waals surface area contributed by atoms with Gasteiger partial charge in [0, 0.05) is 26.0 Å². The molecule has 0 radical (unpaired) electrons. The highest BCUT2D eigenvalue weighted by Gasteiger charge is 2.23. The lowest BCUT2D eigenvalue weighted by Crippen LogP contribution is -3.14. The van der Waals surface area contributed by atoms with E-state index in [-0.39, 0.29) is 22.2 Å². The summed E-state index contributed by atoms with van der Waals surface area (Å²) < 4.78 is 43.8. The van der Waals surface area contributed by atoms with Crippen molar-refractivity contribution < 1.29 is 32.3 Å². The molecule has 0 aliphatic carbocycles. The van der Waals surface area contributed by atoms with Crippen LogP contribution in [0.1, 0.15) is 13.3 Å². The van der Waals surface area contributed by atoms with E-state index in [0.717, 1.165) is 32.8 Å². The highest BCUT2D eigenvalue weighted by Crippen LogP contribution is 2.35. The van der Waals surface area contributed by atoms with Crippen LogP contribution in [0.5, 0.6) is 11.5 Å². The van der Waals surface area contributed by atoms with Crippen molar-refractivity contribution in [3.8, 4) is 11.5 Å². The fourth-order valence-electron chi connectivity index (χ4n) is 2.90. The molecule has 0 spiro atoms. The first kappa shape index (κ1) is 21.4. The number of sulfonamides is 1. The number of carbonyl (C=O) groups is 1. The van der Waals surface area contributed by atoms with Crippen LogP contribution >= 0.6 is 0 Å². The molecular weight excluding hydrogens is 374 g/mol. The van der Waals surface area contributed by atoms with Gasteiger partial charge in [-0.05, 0) is 6.07 Å². The Morgan fingerprint density at radius 1 is 1.19 bits per heavy atom. The number of hydrogen-bond acceptors (Lipinski definition) is 6.